The molecule has 0 amide bonds. The first-order valence-electron chi connectivity index (χ1n) is 5.93. The molecular formula is C11H20N4. The zero-order chi connectivity index (χ0) is 10.7. The molecule has 4 heteroatoms. The quantitative estimate of drug-likeness (QED) is 0.822. The lowest BCUT2D eigenvalue weighted by Crippen LogP contribution is -2.30. The summed E-state index contributed by atoms with van der Waals surface area (Å²) >= 11 is 0. The van der Waals surface area contributed by atoms with Gasteiger partial charge < -0.3 is 9.88 Å². The van der Waals surface area contributed by atoms with Crippen LogP contribution in [0.2, 0.25) is 0 Å². The Bertz CT molecular complexity index is 301. The summed E-state index contributed by atoms with van der Waals surface area (Å²) in [4.78, 5) is 0. The molecule has 0 spiro atoms. The molecule has 84 valence electrons. The Morgan fingerprint density at radius 3 is 2.93 bits per heavy atom. The Kier molecular flexibility index (Phi) is 3.36. The lowest BCUT2D eigenvalue weighted by atomic mass is 10.0. The molecule has 1 N–H and O–H groups in total. The number of aromatic nitrogens is 3. The average Bonchev–Trinajstić information content (AvgIpc) is 2.78. The van der Waals surface area contributed by atoms with Crippen LogP contribution in [0.15, 0.2) is 6.33 Å². The number of rotatable bonds is 3. The van der Waals surface area contributed by atoms with Gasteiger partial charge in [-0.25, -0.2) is 0 Å². The molecular weight excluding hydrogens is 188 g/mol. The third kappa shape index (κ3) is 2.20. The topological polar surface area (TPSA) is 42.7 Å². The Hall–Kier alpha value is -0.900. The number of hydrogen-bond donors (Lipinski definition) is 1. The normalized spacial score (nSPS) is 20.4. The van der Waals surface area contributed by atoms with Crippen molar-refractivity contribution in [2.45, 2.75) is 45.1 Å². The molecule has 1 unspecified atom stereocenters. The molecule has 0 radical (unpaired) electrons. The largest absolute Gasteiger partial charge is 0.317 e. The molecule has 1 aromatic rings. The smallest absolute Gasteiger partial charge is 0.135 e. The third-order valence-corrected chi connectivity index (χ3v) is 3.36. The van der Waals surface area contributed by atoms with E-state index < -0.39 is 0 Å². The summed E-state index contributed by atoms with van der Waals surface area (Å²) in [5.41, 5.74) is 0. The molecule has 1 aromatic heterocycles. The van der Waals surface area contributed by atoms with Crippen molar-refractivity contribution in [3.63, 3.8) is 0 Å². The van der Waals surface area contributed by atoms with Gasteiger partial charge in [-0.2, -0.15) is 0 Å². The van der Waals surface area contributed by atoms with Crippen molar-refractivity contribution in [2.75, 3.05) is 13.1 Å². The van der Waals surface area contributed by atoms with Gasteiger partial charge in [0.05, 0.1) is 0 Å². The summed E-state index contributed by atoms with van der Waals surface area (Å²) in [7, 11) is 0. The van der Waals surface area contributed by atoms with E-state index in [-0.39, 0.29) is 0 Å². The molecule has 1 aliphatic rings. The lowest BCUT2D eigenvalue weighted by molar-refractivity contribution is 0.354. The minimum atomic E-state index is 0.516. The highest BCUT2D eigenvalue weighted by atomic mass is 15.3. The Morgan fingerprint density at radius 2 is 2.27 bits per heavy atom. The molecule has 1 fully saturated rings. The zero-order valence-corrected chi connectivity index (χ0v) is 9.61. The van der Waals surface area contributed by atoms with Crippen LogP contribution in [0.5, 0.6) is 0 Å². The van der Waals surface area contributed by atoms with Gasteiger partial charge in [0.1, 0.15) is 12.2 Å². The predicted molar refractivity (Wildman–Crippen MR) is 59.9 cm³/mol. The van der Waals surface area contributed by atoms with E-state index in [2.05, 4.69) is 33.9 Å². The molecule has 2 rings (SSSR count). The van der Waals surface area contributed by atoms with Gasteiger partial charge in [0.2, 0.25) is 0 Å². The van der Waals surface area contributed by atoms with Gasteiger partial charge in [-0.3, -0.25) is 0 Å². The van der Waals surface area contributed by atoms with Crippen molar-refractivity contribution in [2.24, 2.45) is 0 Å². The van der Waals surface area contributed by atoms with Crippen LogP contribution >= 0.6 is 0 Å². The number of piperidine rings is 1. The van der Waals surface area contributed by atoms with Gasteiger partial charge in [-0.15, -0.1) is 10.2 Å². The van der Waals surface area contributed by atoms with Gasteiger partial charge >= 0.3 is 0 Å². The van der Waals surface area contributed by atoms with Crippen LogP contribution in [0.4, 0.5) is 0 Å². The monoisotopic (exact) mass is 208 g/mol. The van der Waals surface area contributed by atoms with Crippen molar-refractivity contribution in [3.05, 3.63) is 12.2 Å². The summed E-state index contributed by atoms with van der Waals surface area (Å²) in [5, 5.41) is 11.7. The van der Waals surface area contributed by atoms with Crippen molar-refractivity contribution < 1.29 is 0 Å². The number of nitrogens with one attached hydrogen (secondary N) is 1. The van der Waals surface area contributed by atoms with Crippen LogP contribution in [0.25, 0.3) is 0 Å². The first kappa shape index (κ1) is 10.6. The van der Waals surface area contributed by atoms with E-state index in [1.165, 1.54) is 12.8 Å². The molecule has 1 atom stereocenters. The van der Waals surface area contributed by atoms with Crippen LogP contribution in [0.3, 0.4) is 0 Å². The molecule has 0 saturated carbocycles. The van der Waals surface area contributed by atoms with Gasteiger partial charge in [0.25, 0.3) is 0 Å². The molecule has 2 heterocycles. The second kappa shape index (κ2) is 4.75. The summed E-state index contributed by atoms with van der Waals surface area (Å²) < 4.78 is 2.29. The van der Waals surface area contributed by atoms with Gasteiger partial charge in [0.15, 0.2) is 0 Å². The van der Waals surface area contributed by atoms with Gasteiger partial charge in [-0.05, 0) is 32.4 Å². The SMILES string of the molecule is CCC(C)c1nncn1C1CCNCC1. The van der Waals surface area contributed by atoms with E-state index in [1.54, 1.807) is 0 Å². The standard InChI is InChI=1S/C11H20N4/c1-3-9(2)11-14-13-8-15(11)10-4-6-12-7-5-10/h8-10,12H,3-7H2,1-2H3. The van der Waals surface area contributed by atoms with Crippen LogP contribution in [0, 0.1) is 0 Å². The molecule has 15 heavy (non-hydrogen) atoms. The molecule has 0 bridgehead atoms. The maximum Gasteiger partial charge on any atom is 0.135 e. The maximum absolute atomic E-state index is 4.25. The van der Waals surface area contributed by atoms with E-state index in [1.807, 2.05) is 6.33 Å². The summed E-state index contributed by atoms with van der Waals surface area (Å²) in [6.45, 7) is 6.65. The predicted octanol–water partition coefficient (Wildman–Crippen LogP) is 1.72. The number of nitrogens with zero attached hydrogens (tertiary/aromatic N) is 3. The van der Waals surface area contributed by atoms with E-state index in [0.717, 1.165) is 25.3 Å². The zero-order valence-electron chi connectivity index (χ0n) is 9.61. The Balaban J connectivity index is 2.15. The molecule has 1 aliphatic heterocycles. The molecule has 1 saturated heterocycles. The minimum absolute atomic E-state index is 0.516. The summed E-state index contributed by atoms with van der Waals surface area (Å²) in [6, 6.07) is 0.602. The van der Waals surface area contributed by atoms with Crippen molar-refractivity contribution in [3.8, 4) is 0 Å². The van der Waals surface area contributed by atoms with E-state index in [9.17, 15) is 0 Å². The average molecular weight is 208 g/mol. The van der Waals surface area contributed by atoms with E-state index >= 15 is 0 Å². The molecule has 0 aliphatic carbocycles. The highest BCUT2D eigenvalue weighted by Crippen LogP contribution is 2.24. The van der Waals surface area contributed by atoms with Crippen LogP contribution in [0.1, 0.15) is 50.9 Å². The van der Waals surface area contributed by atoms with Crippen molar-refractivity contribution in [1.82, 2.24) is 20.1 Å². The van der Waals surface area contributed by atoms with Crippen molar-refractivity contribution >= 4 is 0 Å². The first-order chi connectivity index (χ1) is 7.33. The summed E-state index contributed by atoms with van der Waals surface area (Å²) in [5.74, 6) is 1.67. The maximum atomic E-state index is 4.25. The third-order valence-electron chi connectivity index (χ3n) is 3.36. The Morgan fingerprint density at radius 1 is 1.53 bits per heavy atom. The number of hydrogen-bond acceptors (Lipinski definition) is 3. The van der Waals surface area contributed by atoms with Gasteiger partial charge in [-0.1, -0.05) is 13.8 Å². The first-order valence-corrected chi connectivity index (χ1v) is 5.93. The fourth-order valence-corrected chi connectivity index (χ4v) is 2.15. The fourth-order valence-electron chi connectivity index (χ4n) is 2.15. The summed E-state index contributed by atoms with van der Waals surface area (Å²) in [6.07, 6.45) is 5.42. The van der Waals surface area contributed by atoms with Gasteiger partial charge in [0, 0.05) is 12.0 Å². The lowest BCUT2D eigenvalue weighted by Gasteiger charge is -2.25. The second-order valence-electron chi connectivity index (χ2n) is 4.39. The van der Waals surface area contributed by atoms with E-state index in [0.29, 0.717) is 12.0 Å². The highest BCUT2D eigenvalue weighted by Gasteiger charge is 2.20. The van der Waals surface area contributed by atoms with E-state index in [4.69, 9.17) is 0 Å². The van der Waals surface area contributed by atoms with Crippen LogP contribution < -0.4 is 5.32 Å². The van der Waals surface area contributed by atoms with Crippen LogP contribution in [-0.2, 0) is 0 Å². The van der Waals surface area contributed by atoms with Crippen molar-refractivity contribution in [1.29, 1.82) is 0 Å². The highest BCUT2D eigenvalue weighted by molar-refractivity contribution is 4.97. The minimum Gasteiger partial charge on any atom is -0.317 e. The fraction of sp³-hybridized carbons (Fsp3) is 0.818. The van der Waals surface area contributed by atoms with Crippen LogP contribution in [-0.4, -0.2) is 27.9 Å². The Labute approximate surface area is 91.1 Å². The molecule has 0 aromatic carbocycles. The molecule has 4 nitrogen and oxygen atoms in total. The second-order valence-corrected chi connectivity index (χ2v) is 4.39.